The summed E-state index contributed by atoms with van der Waals surface area (Å²) in [4.78, 5) is 28.1. The lowest BCUT2D eigenvalue weighted by Gasteiger charge is -2.05. The molecule has 3 rings (SSSR count). The van der Waals surface area contributed by atoms with Crippen molar-refractivity contribution in [2.24, 2.45) is 0 Å². The smallest absolute Gasteiger partial charge is 0.349 e. The van der Waals surface area contributed by atoms with Crippen molar-refractivity contribution < 1.29 is 14.6 Å². The molecule has 0 saturated carbocycles. The standard InChI is InChI=1S/C13H10N2O4S2/c1-7-6-21-13-14-8(4-10(16)15(7)13)5-19-9-2-3-20-11(9)12(17)18/h2-4,6H,5H2,1H3,(H,17,18). The summed E-state index contributed by atoms with van der Waals surface area (Å²) in [5.41, 5.74) is 1.15. The summed E-state index contributed by atoms with van der Waals surface area (Å²) >= 11 is 2.47. The summed E-state index contributed by atoms with van der Waals surface area (Å²) in [6, 6.07) is 2.99. The van der Waals surface area contributed by atoms with Gasteiger partial charge in [0.25, 0.3) is 5.56 Å². The third-order valence-electron chi connectivity index (χ3n) is 2.83. The number of aromatic carboxylic acids is 1. The first-order chi connectivity index (χ1) is 10.1. The summed E-state index contributed by atoms with van der Waals surface area (Å²) in [5, 5.41) is 12.5. The number of rotatable bonds is 4. The van der Waals surface area contributed by atoms with Crippen LogP contribution >= 0.6 is 22.7 Å². The average molecular weight is 322 g/mol. The van der Waals surface area contributed by atoms with Crippen molar-refractivity contribution in [2.75, 3.05) is 0 Å². The number of ether oxygens (including phenoxy) is 1. The highest BCUT2D eigenvalue weighted by atomic mass is 32.1. The van der Waals surface area contributed by atoms with Crippen LogP contribution in [0.25, 0.3) is 4.96 Å². The normalized spacial score (nSPS) is 10.9. The molecule has 3 heterocycles. The highest BCUT2D eigenvalue weighted by Gasteiger charge is 2.14. The Morgan fingerprint density at radius 3 is 3.05 bits per heavy atom. The van der Waals surface area contributed by atoms with Crippen molar-refractivity contribution in [1.82, 2.24) is 9.38 Å². The number of nitrogens with zero attached hydrogens (tertiary/aromatic N) is 2. The first-order valence-electron chi connectivity index (χ1n) is 5.96. The maximum absolute atomic E-state index is 12.0. The van der Waals surface area contributed by atoms with Crippen LogP contribution in [0.4, 0.5) is 0 Å². The van der Waals surface area contributed by atoms with E-state index < -0.39 is 5.97 Å². The van der Waals surface area contributed by atoms with E-state index in [1.807, 2.05) is 12.3 Å². The molecule has 0 unspecified atom stereocenters. The molecule has 108 valence electrons. The van der Waals surface area contributed by atoms with E-state index in [1.54, 1.807) is 11.4 Å². The summed E-state index contributed by atoms with van der Waals surface area (Å²) in [7, 11) is 0. The SMILES string of the molecule is Cc1csc2nc(COc3ccsc3C(=O)O)cc(=O)n12. The lowest BCUT2D eigenvalue weighted by Crippen LogP contribution is -2.16. The Labute approximate surface area is 126 Å². The molecule has 0 saturated heterocycles. The Kier molecular flexibility index (Phi) is 3.48. The molecule has 21 heavy (non-hydrogen) atoms. The summed E-state index contributed by atoms with van der Waals surface area (Å²) < 4.78 is 6.99. The van der Waals surface area contributed by atoms with Crippen molar-refractivity contribution in [3.8, 4) is 5.75 Å². The molecule has 0 aliphatic rings. The minimum atomic E-state index is -1.03. The first-order valence-corrected chi connectivity index (χ1v) is 7.72. The molecule has 0 fully saturated rings. The number of fused-ring (bicyclic) bond motifs is 1. The van der Waals surface area contributed by atoms with Gasteiger partial charge in [0.1, 0.15) is 12.4 Å². The van der Waals surface area contributed by atoms with Crippen LogP contribution in [-0.2, 0) is 6.61 Å². The molecule has 1 N–H and O–H groups in total. The van der Waals surface area contributed by atoms with Gasteiger partial charge in [0.15, 0.2) is 9.84 Å². The molecule has 3 aromatic heterocycles. The van der Waals surface area contributed by atoms with Gasteiger partial charge in [-0.2, -0.15) is 0 Å². The number of carboxylic acids is 1. The molecule has 6 nitrogen and oxygen atoms in total. The summed E-state index contributed by atoms with van der Waals surface area (Å²) in [6.45, 7) is 1.90. The third kappa shape index (κ3) is 2.55. The molecule has 0 amide bonds. The number of aromatic nitrogens is 2. The Balaban J connectivity index is 1.87. The van der Waals surface area contributed by atoms with Gasteiger partial charge < -0.3 is 9.84 Å². The fourth-order valence-electron chi connectivity index (χ4n) is 1.89. The number of thiazole rings is 1. The van der Waals surface area contributed by atoms with E-state index in [0.29, 0.717) is 10.7 Å². The molecular formula is C13H10N2O4S2. The van der Waals surface area contributed by atoms with Gasteiger partial charge in [0.05, 0.1) is 5.69 Å². The summed E-state index contributed by atoms with van der Waals surface area (Å²) in [5.74, 6) is -0.741. The van der Waals surface area contributed by atoms with Crippen molar-refractivity contribution in [2.45, 2.75) is 13.5 Å². The number of aryl methyl sites for hydroxylation is 1. The molecule has 0 aliphatic carbocycles. The molecule has 8 heteroatoms. The van der Waals surface area contributed by atoms with Crippen LogP contribution in [0.3, 0.4) is 0 Å². The minimum absolute atomic E-state index is 0.0553. The quantitative estimate of drug-likeness (QED) is 0.798. The van der Waals surface area contributed by atoms with Gasteiger partial charge >= 0.3 is 5.97 Å². The second kappa shape index (κ2) is 5.30. The van der Waals surface area contributed by atoms with Crippen molar-refractivity contribution in [3.63, 3.8) is 0 Å². The van der Waals surface area contributed by atoms with Gasteiger partial charge in [-0.3, -0.25) is 9.20 Å². The van der Waals surface area contributed by atoms with Gasteiger partial charge in [-0.25, -0.2) is 9.78 Å². The Morgan fingerprint density at radius 2 is 2.29 bits per heavy atom. The number of carbonyl (C=O) groups is 1. The molecule has 0 spiro atoms. The summed E-state index contributed by atoms with van der Waals surface area (Å²) in [6.07, 6.45) is 0. The van der Waals surface area contributed by atoms with Crippen LogP contribution in [0, 0.1) is 6.92 Å². The molecule has 0 atom stereocenters. The maximum atomic E-state index is 12.0. The van der Waals surface area contributed by atoms with Crippen LogP contribution in [0.1, 0.15) is 21.1 Å². The Bertz CT molecular complexity index is 878. The molecular weight excluding hydrogens is 312 g/mol. The van der Waals surface area contributed by atoms with Crippen LogP contribution in [-0.4, -0.2) is 20.5 Å². The van der Waals surface area contributed by atoms with Crippen molar-refractivity contribution in [3.05, 3.63) is 49.5 Å². The minimum Gasteiger partial charge on any atom is -0.485 e. The fourth-order valence-corrected chi connectivity index (χ4v) is 3.46. The van der Waals surface area contributed by atoms with Gasteiger partial charge in [0.2, 0.25) is 0 Å². The van der Waals surface area contributed by atoms with E-state index in [-0.39, 0.29) is 22.8 Å². The number of hydrogen-bond acceptors (Lipinski definition) is 6. The van der Waals surface area contributed by atoms with Crippen LogP contribution in [0.2, 0.25) is 0 Å². The Hall–Kier alpha value is -2.19. The predicted molar refractivity (Wildman–Crippen MR) is 79.7 cm³/mol. The second-order valence-electron chi connectivity index (χ2n) is 4.29. The average Bonchev–Trinajstić information content (AvgIpc) is 3.03. The zero-order chi connectivity index (χ0) is 15.0. The van der Waals surface area contributed by atoms with Gasteiger partial charge in [-0.15, -0.1) is 22.7 Å². The van der Waals surface area contributed by atoms with Gasteiger partial charge in [0, 0.05) is 17.1 Å². The topological polar surface area (TPSA) is 80.9 Å². The van der Waals surface area contributed by atoms with E-state index in [1.165, 1.54) is 21.8 Å². The molecule has 0 bridgehead atoms. The first kappa shape index (κ1) is 13.8. The van der Waals surface area contributed by atoms with Crippen LogP contribution in [0.15, 0.2) is 27.7 Å². The molecule has 0 aromatic carbocycles. The van der Waals surface area contributed by atoms with Gasteiger partial charge in [-0.05, 0) is 18.4 Å². The lowest BCUT2D eigenvalue weighted by molar-refractivity contribution is 0.0697. The molecule has 0 aliphatic heterocycles. The number of carboxylic acid groups (broad SMARTS) is 1. The van der Waals surface area contributed by atoms with E-state index in [0.717, 1.165) is 17.0 Å². The highest BCUT2D eigenvalue weighted by molar-refractivity contribution is 7.15. The van der Waals surface area contributed by atoms with E-state index >= 15 is 0 Å². The highest BCUT2D eigenvalue weighted by Crippen LogP contribution is 2.25. The maximum Gasteiger partial charge on any atom is 0.349 e. The lowest BCUT2D eigenvalue weighted by atomic mass is 10.4. The zero-order valence-electron chi connectivity index (χ0n) is 10.9. The van der Waals surface area contributed by atoms with Crippen molar-refractivity contribution >= 4 is 33.6 Å². The number of thiophene rings is 1. The van der Waals surface area contributed by atoms with E-state index in [2.05, 4.69) is 4.98 Å². The van der Waals surface area contributed by atoms with E-state index in [4.69, 9.17) is 9.84 Å². The predicted octanol–water partition coefficient (Wildman–Crippen LogP) is 2.40. The Morgan fingerprint density at radius 1 is 1.48 bits per heavy atom. The monoisotopic (exact) mass is 322 g/mol. The zero-order valence-corrected chi connectivity index (χ0v) is 12.5. The van der Waals surface area contributed by atoms with E-state index in [9.17, 15) is 9.59 Å². The van der Waals surface area contributed by atoms with Crippen LogP contribution in [0.5, 0.6) is 5.75 Å². The fraction of sp³-hybridized carbons (Fsp3) is 0.154. The van der Waals surface area contributed by atoms with Crippen LogP contribution < -0.4 is 10.3 Å². The van der Waals surface area contributed by atoms with Gasteiger partial charge in [-0.1, -0.05) is 0 Å². The number of hydrogen-bond donors (Lipinski definition) is 1. The van der Waals surface area contributed by atoms with Crippen molar-refractivity contribution in [1.29, 1.82) is 0 Å². The largest absolute Gasteiger partial charge is 0.485 e. The second-order valence-corrected chi connectivity index (χ2v) is 6.04. The third-order valence-corrected chi connectivity index (χ3v) is 4.65. The molecule has 3 aromatic rings. The molecule has 0 radical (unpaired) electrons.